The fraction of sp³-hybridized carbons (Fsp3) is 0.286. The smallest absolute Gasteiger partial charge is 0.263 e. The predicted molar refractivity (Wildman–Crippen MR) is 102 cm³/mol. The summed E-state index contributed by atoms with van der Waals surface area (Å²) in [6.45, 7) is 4.02. The molecule has 1 aromatic heterocycles. The molecule has 6 heteroatoms. The minimum Gasteiger partial charge on any atom is -0.481 e. The number of nitrogens with zero attached hydrogens (tertiary/aromatic N) is 3. The van der Waals surface area contributed by atoms with Crippen LogP contribution in [0, 0.1) is 0 Å². The van der Waals surface area contributed by atoms with Gasteiger partial charge >= 0.3 is 0 Å². The molecule has 0 radical (unpaired) electrons. The molecule has 0 aliphatic rings. The number of hydrogen-bond acceptors (Lipinski definition) is 5. The van der Waals surface area contributed by atoms with Crippen LogP contribution in [0.4, 0.5) is 0 Å². The van der Waals surface area contributed by atoms with Crippen molar-refractivity contribution >= 4 is 5.91 Å². The van der Waals surface area contributed by atoms with E-state index in [0.717, 1.165) is 23.3 Å². The molecule has 0 spiro atoms. The van der Waals surface area contributed by atoms with Crippen LogP contribution < -0.4 is 4.74 Å². The molecule has 0 N–H and O–H groups in total. The molecule has 0 fully saturated rings. The Morgan fingerprint density at radius 3 is 2.59 bits per heavy atom. The van der Waals surface area contributed by atoms with Crippen LogP contribution in [0.2, 0.25) is 0 Å². The number of amides is 1. The van der Waals surface area contributed by atoms with E-state index in [-0.39, 0.29) is 12.5 Å². The monoisotopic (exact) mass is 365 g/mol. The van der Waals surface area contributed by atoms with Gasteiger partial charge in [0.1, 0.15) is 5.75 Å². The van der Waals surface area contributed by atoms with Crippen molar-refractivity contribution < 1.29 is 14.1 Å². The molecule has 1 atom stereocenters. The number of rotatable bonds is 7. The Kier molecular flexibility index (Phi) is 5.86. The summed E-state index contributed by atoms with van der Waals surface area (Å²) in [6, 6.07) is 17.3. The number of carbonyl (C=O) groups is 1. The first-order chi connectivity index (χ1) is 13.1. The molecular weight excluding hydrogens is 342 g/mol. The number of likely N-dealkylation sites (N-methyl/N-ethyl adjacent to an activating group) is 1. The van der Waals surface area contributed by atoms with Gasteiger partial charge in [0.25, 0.3) is 5.91 Å². The topological polar surface area (TPSA) is 68.5 Å². The Balaban J connectivity index is 1.63. The third kappa shape index (κ3) is 4.53. The molecule has 1 heterocycles. The molecule has 0 aliphatic heterocycles. The lowest BCUT2D eigenvalue weighted by Crippen LogP contribution is -2.37. The Hall–Kier alpha value is -3.15. The highest BCUT2D eigenvalue weighted by Gasteiger charge is 2.22. The second-order valence-corrected chi connectivity index (χ2v) is 6.29. The van der Waals surface area contributed by atoms with Crippen LogP contribution in [-0.2, 0) is 17.8 Å². The molecule has 3 rings (SSSR count). The summed E-state index contributed by atoms with van der Waals surface area (Å²) >= 11 is 0. The normalized spacial score (nSPS) is 11.8. The minimum absolute atomic E-state index is 0.152. The van der Waals surface area contributed by atoms with E-state index in [1.807, 2.05) is 54.6 Å². The average Bonchev–Trinajstić information content (AvgIpc) is 3.17. The quantitative estimate of drug-likeness (QED) is 0.638. The number of aromatic nitrogens is 2. The Bertz CT molecular complexity index is 892. The zero-order valence-electron chi connectivity index (χ0n) is 15.8. The van der Waals surface area contributed by atoms with E-state index in [4.69, 9.17) is 9.26 Å². The van der Waals surface area contributed by atoms with E-state index in [0.29, 0.717) is 11.7 Å². The van der Waals surface area contributed by atoms with Crippen molar-refractivity contribution in [2.75, 3.05) is 7.05 Å². The summed E-state index contributed by atoms with van der Waals surface area (Å²) in [6.07, 6.45) is 0.233. The summed E-state index contributed by atoms with van der Waals surface area (Å²) < 4.78 is 11.2. The third-order valence-electron chi connectivity index (χ3n) is 4.25. The second kappa shape index (κ2) is 8.49. The maximum absolute atomic E-state index is 12.6. The van der Waals surface area contributed by atoms with E-state index in [1.54, 1.807) is 14.0 Å². The largest absolute Gasteiger partial charge is 0.481 e. The molecule has 0 unspecified atom stereocenters. The first-order valence-electron chi connectivity index (χ1n) is 8.96. The molecular formula is C21H23N3O3. The molecule has 6 nitrogen and oxygen atoms in total. The van der Waals surface area contributed by atoms with E-state index in [1.165, 1.54) is 4.90 Å². The van der Waals surface area contributed by atoms with Crippen LogP contribution in [0.15, 0.2) is 59.1 Å². The van der Waals surface area contributed by atoms with Crippen molar-refractivity contribution in [1.82, 2.24) is 15.0 Å². The lowest BCUT2D eigenvalue weighted by atomic mass is 10.1. The van der Waals surface area contributed by atoms with E-state index in [2.05, 4.69) is 17.1 Å². The zero-order chi connectivity index (χ0) is 19.2. The fourth-order valence-electron chi connectivity index (χ4n) is 2.77. The summed E-state index contributed by atoms with van der Waals surface area (Å²) in [5.41, 5.74) is 1.94. The van der Waals surface area contributed by atoms with Gasteiger partial charge in [-0.2, -0.15) is 4.98 Å². The van der Waals surface area contributed by atoms with Crippen LogP contribution in [0.3, 0.4) is 0 Å². The highest BCUT2D eigenvalue weighted by Crippen LogP contribution is 2.20. The summed E-state index contributed by atoms with van der Waals surface area (Å²) in [7, 11) is 1.69. The van der Waals surface area contributed by atoms with Crippen LogP contribution >= 0.6 is 0 Å². The summed E-state index contributed by atoms with van der Waals surface area (Å²) in [5.74, 6) is 1.47. The van der Waals surface area contributed by atoms with Crippen molar-refractivity contribution in [3.63, 3.8) is 0 Å². The summed E-state index contributed by atoms with van der Waals surface area (Å²) in [5, 5.41) is 3.98. The van der Waals surface area contributed by atoms with E-state index in [9.17, 15) is 4.79 Å². The molecule has 0 aliphatic carbocycles. The molecule has 3 aromatic rings. The predicted octanol–water partition coefficient (Wildman–Crippen LogP) is 3.72. The van der Waals surface area contributed by atoms with Gasteiger partial charge < -0.3 is 14.2 Å². The van der Waals surface area contributed by atoms with Crippen molar-refractivity contribution in [1.29, 1.82) is 0 Å². The molecule has 0 bridgehead atoms. The Morgan fingerprint density at radius 1 is 1.15 bits per heavy atom. The molecule has 1 amide bonds. The van der Waals surface area contributed by atoms with Crippen LogP contribution in [0.25, 0.3) is 11.4 Å². The van der Waals surface area contributed by atoms with Crippen molar-refractivity contribution in [3.05, 3.63) is 66.1 Å². The first kappa shape index (κ1) is 18.6. The van der Waals surface area contributed by atoms with Gasteiger partial charge in [0.05, 0.1) is 6.54 Å². The van der Waals surface area contributed by atoms with Gasteiger partial charge in [0.15, 0.2) is 6.10 Å². The maximum atomic E-state index is 12.6. The van der Waals surface area contributed by atoms with Crippen LogP contribution in [0.5, 0.6) is 5.75 Å². The number of hydrogen-bond donors (Lipinski definition) is 0. The van der Waals surface area contributed by atoms with Gasteiger partial charge in [-0.25, -0.2) is 0 Å². The molecule has 2 aromatic carbocycles. The first-order valence-corrected chi connectivity index (χ1v) is 8.96. The second-order valence-electron chi connectivity index (χ2n) is 6.29. The van der Waals surface area contributed by atoms with Gasteiger partial charge in [-0.1, -0.05) is 60.6 Å². The van der Waals surface area contributed by atoms with Crippen LogP contribution in [-0.4, -0.2) is 34.1 Å². The third-order valence-corrected chi connectivity index (χ3v) is 4.25. The number of benzene rings is 2. The minimum atomic E-state index is -0.612. The Labute approximate surface area is 158 Å². The van der Waals surface area contributed by atoms with Gasteiger partial charge in [-0.15, -0.1) is 0 Å². The zero-order valence-corrected chi connectivity index (χ0v) is 15.8. The highest BCUT2D eigenvalue weighted by atomic mass is 16.5. The van der Waals surface area contributed by atoms with Crippen molar-refractivity contribution in [2.24, 2.45) is 0 Å². The number of aryl methyl sites for hydroxylation is 1. The molecule has 140 valence electrons. The molecule has 0 saturated heterocycles. The van der Waals surface area contributed by atoms with Crippen molar-refractivity contribution in [2.45, 2.75) is 32.9 Å². The standard InChI is InChI=1S/C21H23N3O3/c1-4-16-10-8-9-13-18(16)26-15(2)21(25)24(3)14-19-22-20(23-27-19)17-11-6-5-7-12-17/h5-13,15H,4,14H2,1-3H3/t15-/m1/s1. The number of carbonyl (C=O) groups excluding carboxylic acids is 1. The van der Waals surface area contributed by atoms with Gasteiger partial charge in [-0.3, -0.25) is 4.79 Å². The highest BCUT2D eigenvalue weighted by molar-refractivity contribution is 5.80. The number of ether oxygens (including phenoxy) is 1. The van der Waals surface area contributed by atoms with Gasteiger partial charge in [-0.05, 0) is 25.0 Å². The lowest BCUT2D eigenvalue weighted by molar-refractivity contribution is -0.137. The molecule has 0 saturated carbocycles. The van der Waals surface area contributed by atoms with E-state index < -0.39 is 6.10 Å². The lowest BCUT2D eigenvalue weighted by Gasteiger charge is -2.21. The fourth-order valence-corrected chi connectivity index (χ4v) is 2.77. The number of para-hydroxylation sites is 1. The Morgan fingerprint density at radius 2 is 1.85 bits per heavy atom. The SMILES string of the molecule is CCc1ccccc1O[C@H](C)C(=O)N(C)Cc1nc(-c2ccccc2)no1. The van der Waals surface area contributed by atoms with Gasteiger partial charge in [0, 0.05) is 12.6 Å². The molecule has 27 heavy (non-hydrogen) atoms. The maximum Gasteiger partial charge on any atom is 0.263 e. The van der Waals surface area contributed by atoms with Crippen LogP contribution in [0.1, 0.15) is 25.3 Å². The van der Waals surface area contributed by atoms with Crippen molar-refractivity contribution in [3.8, 4) is 17.1 Å². The summed E-state index contributed by atoms with van der Waals surface area (Å²) in [4.78, 5) is 18.5. The van der Waals surface area contributed by atoms with Gasteiger partial charge in [0.2, 0.25) is 11.7 Å². The average molecular weight is 365 g/mol. The van der Waals surface area contributed by atoms with E-state index >= 15 is 0 Å².